The van der Waals surface area contributed by atoms with Crippen LogP contribution < -0.4 is 10.5 Å². The maximum Gasteiger partial charge on any atom is 0.283 e. The van der Waals surface area contributed by atoms with Crippen LogP contribution in [-0.2, 0) is 10.3 Å². The molecule has 1 aromatic rings. The average Bonchev–Trinajstić information content (AvgIpc) is 3.04. The second kappa shape index (κ2) is 2.75. The van der Waals surface area contributed by atoms with Crippen LogP contribution in [0.5, 0.6) is 5.75 Å². The van der Waals surface area contributed by atoms with Gasteiger partial charge in [0.05, 0.1) is 6.61 Å². The highest BCUT2D eigenvalue weighted by Gasteiger charge is 2.66. The molecule has 1 aliphatic carbocycles. The van der Waals surface area contributed by atoms with E-state index < -0.39 is 0 Å². The molecular weight excluding hydrogens is 216 g/mol. The fraction of sp³-hybridized carbons (Fsp3) is 0.462. The van der Waals surface area contributed by atoms with E-state index in [2.05, 4.69) is 11.1 Å². The molecule has 1 fully saturated rings. The molecule has 17 heavy (non-hydrogen) atoms. The molecule has 2 heterocycles. The lowest BCUT2D eigenvalue weighted by atomic mass is 9.75. The third-order valence-corrected chi connectivity index (χ3v) is 4.30. The van der Waals surface area contributed by atoms with E-state index in [1.807, 2.05) is 18.2 Å². The SMILES string of the molecule is NC1=NC2(CO1)c1ccccc1OCC21CC1. The van der Waals surface area contributed by atoms with Crippen molar-refractivity contribution >= 4 is 6.02 Å². The van der Waals surface area contributed by atoms with Crippen LogP contribution in [0.25, 0.3) is 0 Å². The Balaban J connectivity index is 1.96. The zero-order valence-electron chi connectivity index (χ0n) is 9.48. The van der Waals surface area contributed by atoms with Crippen LogP contribution in [0.2, 0.25) is 0 Å². The van der Waals surface area contributed by atoms with Crippen molar-refractivity contribution in [3.05, 3.63) is 29.8 Å². The minimum atomic E-state index is -0.300. The van der Waals surface area contributed by atoms with Crippen molar-refractivity contribution < 1.29 is 9.47 Å². The normalized spacial score (nSPS) is 31.6. The Hall–Kier alpha value is -1.71. The van der Waals surface area contributed by atoms with Gasteiger partial charge in [-0.05, 0) is 18.9 Å². The van der Waals surface area contributed by atoms with E-state index in [-0.39, 0.29) is 11.0 Å². The van der Waals surface area contributed by atoms with E-state index in [1.165, 1.54) is 0 Å². The molecule has 2 N–H and O–H groups in total. The Morgan fingerprint density at radius 3 is 2.65 bits per heavy atom. The molecule has 0 bridgehead atoms. The highest BCUT2D eigenvalue weighted by atomic mass is 16.5. The first-order valence-corrected chi connectivity index (χ1v) is 5.96. The smallest absolute Gasteiger partial charge is 0.283 e. The van der Waals surface area contributed by atoms with Crippen molar-refractivity contribution in [2.24, 2.45) is 16.1 Å². The van der Waals surface area contributed by atoms with Crippen molar-refractivity contribution in [3.8, 4) is 5.75 Å². The summed E-state index contributed by atoms with van der Waals surface area (Å²) in [5.41, 5.74) is 6.68. The van der Waals surface area contributed by atoms with Crippen molar-refractivity contribution in [3.63, 3.8) is 0 Å². The number of ether oxygens (including phenoxy) is 2. The highest BCUT2D eigenvalue weighted by Crippen LogP contribution is 2.64. The fourth-order valence-corrected chi connectivity index (χ4v) is 3.10. The second-order valence-corrected chi connectivity index (χ2v) is 5.16. The zero-order chi connectivity index (χ0) is 11.5. The van der Waals surface area contributed by atoms with Crippen LogP contribution in [-0.4, -0.2) is 19.2 Å². The van der Waals surface area contributed by atoms with E-state index in [9.17, 15) is 0 Å². The summed E-state index contributed by atoms with van der Waals surface area (Å²) >= 11 is 0. The summed E-state index contributed by atoms with van der Waals surface area (Å²) in [6.45, 7) is 1.28. The van der Waals surface area contributed by atoms with E-state index in [4.69, 9.17) is 15.2 Å². The molecule has 0 aromatic heterocycles. The maximum absolute atomic E-state index is 5.86. The molecule has 1 saturated carbocycles. The maximum atomic E-state index is 5.86. The third-order valence-electron chi connectivity index (χ3n) is 4.30. The highest BCUT2D eigenvalue weighted by molar-refractivity contribution is 5.75. The van der Waals surface area contributed by atoms with Gasteiger partial charge in [-0.2, -0.15) is 0 Å². The first-order chi connectivity index (χ1) is 8.26. The number of nitrogens with zero attached hydrogens (tertiary/aromatic N) is 1. The molecular formula is C13H14N2O2. The molecule has 1 aromatic carbocycles. The minimum absolute atomic E-state index is 0.114. The summed E-state index contributed by atoms with van der Waals surface area (Å²) in [6, 6.07) is 8.40. The second-order valence-electron chi connectivity index (χ2n) is 5.16. The minimum Gasteiger partial charge on any atom is -0.493 e. The topological polar surface area (TPSA) is 56.8 Å². The molecule has 1 atom stereocenters. The van der Waals surface area contributed by atoms with E-state index in [0.29, 0.717) is 12.6 Å². The van der Waals surface area contributed by atoms with Gasteiger partial charge in [0.2, 0.25) is 0 Å². The molecule has 0 amide bonds. The number of nitrogens with two attached hydrogens (primary N) is 1. The van der Waals surface area contributed by atoms with Crippen LogP contribution in [0.4, 0.5) is 0 Å². The van der Waals surface area contributed by atoms with Crippen LogP contribution in [0.1, 0.15) is 18.4 Å². The Kier molecular flexibility index (Phi) is 1.51. The molecule has 4 nitrogen and oxygen atoms in total. The Morgan fingerprint density at radius 1 is 1.12 bits per heavy atom. The lowest BCUT2D eigenvalue weighted by molar-refractivity contribution is 0.0871. The van der Waals surface area contributed by atoms with Gasteiger partial charge in [-0.25, -0.2) is 4.99 Å². The third kappa shape index (κ3) is 1.01. The number of hydrogen-bond acceptors (Lipinski definition) is 4. The Bertz CT molecular complexity index is 522. The predicted molar refractivity (Wildman–Crippen MR) is 62.9 cm³/mol. The summed E-state index contributed by atoms with van der Waals surface area (Å²) in [6.07, 6.45) is 2.28. The molecule has 88 valence electrons. The number of amidine groups is 1. The van der Waals surface area contributed by atoms with Gasteiger partial charge < -0.3 is 15.2 Å². The number of rotatable bonds is 0. The fourth-order valence-electron chi connectivity index (χ4n) is 3.10. The molecule has 4 heteroatoms. The van der Waals surface area contributed by atoms with Crippen LogP contribution in [0.3, 0.4) is 0 Å². The molecule has 2 aliphatic heterocycles. The van der Waals surface area contributed by atoms with Gasteiger partial charge in [0.25, 0.3) is 6.02 Å². The van der Waals surface area contributed by atoms with E-state index >= 15 is 0 Å². The summed E-state index contributed by atoms with van der Waals surface area (Å²) in [5.74, 6) is 0.923. The first kappa shape index (κ1) is 9.33. The molecule has 2 spiro atoms. The van der Waals surface area contributed by atoms with Crippen LogP contribution in [0.15, 0.2) is 29.3 Å². The van der Waals surface area contributed by atoms with Gasteiger partial charge in [0.1, 0.15) is 17.9 Å². The molecule has 0 radical (unpaired) electrons. The lowest BCUT2D eigenvalue weighted by Gasteiger charge is -2.39. The molecule has 4 rings (SSSR count). The van der Waals surface area contributed by atoms with Gasteiger partial charge in [-0.3, -0.25) is 0 Å². The summed E-state index contributed by atoms with van der Waals surface area (Å²) < 4.78 is 11.3. The van der Waals surface area contributed by atoms with Gasteiger partial charge in [0, 0.05) is 11.0 Å². The van der Waals surface area contributed by atoms with Gasteiger partial charge in [-0.1, -0.05) is 18.2 Å². The first-order valence-electron chi connectivity index (χ1n) is 5.96. The number of benzene rings is 1. The standard InChI is InChI=1S/C13H14N2O2/c14-11-15-13(8-17-11)9-3-1-2-4-10(9)16-7-12(13)5-6-12/h1-4H,5-8H2,(H2,14,15). The van der Waals surface area contributed by atoms with Gasteiger partial charge in [0.15, 0.2) is 0 Å². The van der Waals surface area contributed by atoms with Crippen LogP contribution in [0, 0.1) is 5.41 Å². The van der Waals surface area contributed by atoms with E-state index in [1.54, 1.807) is 0 Å². The van der Waals surface area contributed by atoms with E-state index in [0.717, 1.165) is 30.8 Å². The number of fused-ring (bicyclic) bond motifs is 3. The Morgan fingerprint density at radius 2 is 1.94 bits per heavy atom. The van der Waals surface area contributed by atoms with Gasteiger partial charge >= 0.3 is 0 Å². The lowest BCUT2D eigenvalue weighted by Crippen LogP contribution is -2.44. The van der Waals surface area contributed by atoms with Crippen molar-refractivity contribution in [1.29, 1.82) is 0 Å². The summed E-state index contributed by atoms with van der Waals surface area (Å²) in [5, 5.41) is 0. The zero-order valence-corrected chi connectivity index (χ0v) is 9.48. The molecule has 3 aliphatic rings. The number of hydrogen-bond donors (Lipinski definition) is 1. The van der Waals surface area contributed by atoms with Crippen LogP contribution >= 0.6 is 0 Å². The van der Waals surface area contributed by atoms with Gasteiger partial charge in [-0.15, -0.1) is 0 Å². The quantitative estimate of drug-likeness (QED) is 0.733. The monoisotopic (exact) mass is 230 g/mol. The van der Waals surface area contributed by atoms with Crippen molar-refractivity contribution in [1.82, 2.24) is 0 Å². The summed E-state index contributed by atoms with van der Waals surface area (Å²) in [4.78, 5) is 4.63. The number of aliphatic imine (C=N–C) groups is 1. The largest absolute Gasteiger partial charge is 0.493 e. The van der Waals surface area contributed by atoms with Crippen molar-refractivity contribution in [2.45, 2.75) is 18.4 Å². The summed E-state index contributed by atoms with van der Waals surface area (Å²) in [7, 11) is 0. The molecule has 1 unspecified atom stereocenters. The predicted octanol–water partition coefficient (Wildman–Crippen LogP) is 1.40. The van der Waals surface area contributed by atoms with Crippen molar-refractivity contribution in [2.75, 3.05) is 13.2 Å². The Labute approximate surface area is 99.4 Å². The number of para-hydroxylation sites is 1. The average molecular weight is 230 g/mol. The molecule has 0 saturated heterocycles.